The molecule has 3 fully saturated rings. The normalized spacial score (nSPS) is 29.2. The molecule has 0 bridgehead atoms. The summed E-state index contributed by atoms with van der Waals surface area (Å²) in [6.07, 6.45) is 10.9. The van der Waals surface area contributed by atoms with Crippen LogP contribution in [0.3, 0.4) is 0 Å². The lowest BCUT2D eigenvalue weighted by atomic mass is 9.78. The molecule has 0 amide bonds. The van der Waals surface area contributed by atoms with Crippen LogP contribution >= 0.6 is 0 Å². The highest BCUT2D eigenvalue weighted by Crippen LogP contribution is 2.36. The Hall–Kier alpha value is -1.16. The summed E-state index contributed by atoms with van der Waals surface area (Å²) < 4.78 is 0. The van der Waals surface area contributed by atoms with E-state index in [0.717, 1.165) is 42.6 Å². The highest BCUT2D eigenvalue weighted by atomic mass is 15.3. The van der Waals surface area contributed by atoms with Gasteiger partial charge in [-0.15, -0.1) is 5.10 Å². The lowest BCUT2D eigenvalue weighted by molar-refractivity contribution is 0.242. The fourth-order valence-electron chi connectivity index (χ4n) is 4.05. The van der Waals surface area contributed by atoms with Crippen molar-refractivity contribution < 1.29 is 0 Å². The van der Waals surface area contributed by atoms with E-state index < -0.39 is 0 Å². The second-order valence-corrected chi connectivity index (χ2v) is 6.99. The number of rotatable bonds is 4. The number of aromatic nitrogens is 2. The van der Waals surface area contributed by atoms with Gasteiger partial charge in [0.25, 0.3) is 0 Å². The second-order valence-electron chi connectivity index (χ2n) is 6.99. The summed E-state index contributed by atoms with van der Waals surface area (Å²) in [6, 6.07) is 5.80. The van der Waals surface area contributed by atoms with Crippen molar-refractivity contribution >= 4 is 5.82 Å². The second kappa shape index (κ2) is 5.91. The van der Waals surface area contributed by atoms with E-state index in [1.807, 2.05) is 0 Å². The number of anilines is 1. The van der Waals surface area contributed by atoms with E-state index in [4.69, 9.17) is 0 Å². The van der Waals surface area contributed by atoms with Gasteiger partial charge in [0.1, 0.15) is 0 Å². The third-order valence-electron chi connectivity index (χ3n) is 5.39. The first kappa shape index (κ1) is 13.5. The number of hydrogen-bond acceptors (Lipinski definition) is 4. The van der Waals surface area contributed by atoms with E-state index in [-0.39, 0.29) is 0 Å². The van der Waals surface area contributed by atoms with Gasteiger partial charge in [-0.05, 0) is 56.6 Å². The van der Waals surface area contributed by atoms with Gasteiger partial charge >= 0.3 is 0 Å². The van der Waals surface area contributed by atoms with Crippen LogP contribution in [0.2, 0.25) is 0 Å². The van der Waals surface area contributed by atoms with Crippen LogP contribution in [0.4, 0.5) is 5.82 Å². The maximum Gasteiger partial charge on any atom is 0.151 e. The zero-order valence-corrected chi connectivity index (χ0v) is 12.8. The van der Waals surface area contributed by atoms with Gasteiger partial charge in [0.05, 0.1) is 5.69 Å². The Kier molecular flexibility index (Phi) is 3.80. The number of nitrogens with one attached hydrogen (secondary N) is 1. The lowest BCUT2D eigenvalue weighted by Crippen LogP contribution is -2.47. The average Bonchev–Trinajstić information content (AvgIpc) is 3.37. The standard InChI is InChI=1S/C17H26N4/c1-2-6-16-13(4-1)5-3-11-21(16)17-10-9-15(19-20-17)12-18-14-7-8-14/h9-10,13-14,16,18H,1-8,11-12H2. The van der Waals surface area contributed by atoms with Gasteiger partial charge in [-0.2, -0.15) is 5.10 Å². The molecule has 1 N–H and O–H groups in total. The highest BCUT2D eigenvalue weighted by Gasteiger charge is 2.33. The van der Waals surface area contributed by atoms with Gasteiger partial charge in [-0.3, -0.25) is 0 Å². The first-order valence-electron chi connectivity index (χ1n) is 8.73. The highest BCUT2D eigenvalue weighted by molar-refractivity contribution is 5.40. The maximum atomic E-state index is 4.53. The molecule has 4 nitrogen and oxygen atoms in total. The molecule has 4 rings (SSSR count). The van der Waals surface area contributed by atoms with Crippen molar-refractivity contribution in [2.45, 2.75) is 70.0 Å². The molecule has 0 aromatic carbocycles. The largest absolute Gasteiger partial charge is 0.352 e. The van der Waals surface area contributed by atoms with E-state index in [9.17, 15) is 0 Å². The van der Waals surface area contributed by atoms with Crippen LogP contribution in [0.5, 0.6) is 0 Å². The first-order chi connectivity index (χ1) is 10.4. The summed E-state index contributed by atoms with van der Waals surface area (Å²) in [5, 5.41) is 12.5. The summed E-state index contributed by atoms with van der Waals surface area (Å²) >= 11 is 0. The Morgan fingerprint density at radius 3 is 2.67 bits per heavy atom. The molecule has 2 atom stereocenters. The van der Waals surface area contributed by atoms with Crippen LogP contribution in [0, 0.1) is 5.92 Å². The van der Waals surface area contributed by atoms with Crippen LogP contribution in [-0.4, -0.2) is 28.8 Å². The van der Waals surface area contributed by atoms with Crippen molar-refractivity contribution in [1.82, 2.24) is 15.5 Å². The molecule has 2 aliphatic carbocycles. The molecule has 1 aliphatic heterocycles. The molecular weight excluding hydrogens is 260 g/mol. The summed E-state index contributed by atoms with van der Waals surface area (Å²) in [4.78, 5) is 2.54. The number of nitrogens with zero attached hydrogens (tertiary/aromatic N) is 3. The minimum absolute atomic E-state index is 0.720. The van der Waals surface area contributed by atoms with E-state index in [2.05, 4.69) is 32.5 Å². The van der Waals surface area contributed by atoms with Gasteiger partial charge in [0, 0.05) is 25.2 Å². The number of fused-ring (bicyclic) bond motifs is 1. The van der Waals surface area contributed by atoms with Crippen LogP contribution in [-0.2, 0) is 6.54 Å². The van der Waals surface area contributed by atoms with Gasteiger partial charge in [-0.25, -0.2) is 0 Å². The van der Waals surface area contributed by atoms with E-state index >= 15 is 0 Å². The van der Waals surface area contributed by atoms with Crippen molar-refractivity contribution in [3.05, 3.63) is 17.8 Å². The van der Waals surface area contributed by atoms with E-state index in [1.54, 1.807) is 0 Å². The molecule has 114 valence electrons. The molecular formula is C17H26N4. The molecule has 21 heavy (non-hydrogen) atoms. The smallest absolute Gasteiger partial charge is 0.151 e. The minimum Gasteiger partial charge on any atom is -0.352 e. The zero-order valence-electron chi connectivity index (χ0n) is 12.8. The van der Waals surface area contributed by atoms with Crippen LogP contribution in [0.15, 0.2) is 12.1 Å². The Labute approximate surface area is 127 Å². The van der Waals surface area contributed by atoms with E-state index in [0.29, 0.717) is 0 Å². The fourth-order valence-corrected chi connectivity index (χ4v) is 4.05. The molecule has 1 aromatic heterocycles. The zero-order chi connectivity index (χ0) is 14.1. The molecule has 1 aromatic rings. The molecule has 3 aliphatic rings. The summed E-state index contributed by atoms with van der Waals surface area (Å²) in [6.45, 7) is 2.03. The van der Waals surface area contributed by atoms with E-state index in [1.165, 1.54) is 51.4 Å². The molecule has 0 spiro atoms. The quantitative estimate of drug-likeness (QED) is 0.924. The van der Waals surface area contributed by atoms with Gasteiger partial charge < -0.3 is 10.2 Å². The van der Waals surface area contributed by atoms with Gasteiger partial charge in [0.2, 0.25) is 0 Å². The molecule has 2 unspecified atom stereocenters. The third kappa shape index (κ3) is 3.05. The molecule has 1 saturated heterocycles. The van der Waals surface area contributed by atoms with Crippen LogP contribution in [0.25, 0.3) is 0 Å². The lowest BCUT2D eigenvalue weighted by Gasteiger charge is -2.44. The Morgan fingerprint density at radius 2 is 1.86 bits per heavy atom. The molecule has 2 saturated carbocycles. The maximum absolute atomic E-state index is 4.53. The minimum atomic E-state index is 0.720. The van der Waals surface area contributed by atoms with Crippen molar-refractivity contribution in [2.24, 2.45) is 5.92 Å². The predicted molar refractivity (Wildman–Crippen MR) is 84.2 cm³/mol. The SMILES string of the molecule is c1cc(N2CCCC3CCCCC32)nnc1CNC1CC1. The van der Waals surface area contributed by atoms with Crippen molar-refractivity contribution in [1.29, 1.82) is 0 Å². The fraction of sp³-hybridized carbons (Fsp3) is 0.765. The van der Waals surface area contributed by atoms with Crippen LogP contribution < -0.4 is 10.2 Å². The summed E-state index contributed by atoms with van der Waals surface area (Å²) in [5.41, 5.74) is 1.07. The topological polar surface area (TPSA) is 41.1 Å². The summed E-state index contributed by atoms with van der Waals surface area (Å²) in [5.74, 6) is 1.99. The Morgan fingerprint density at radius 1 is 1.00 bits per heavy atom. The Bertz CT molecular complexity index is 466. The molecule has 4 heteroatoms. The molecule has 0 radical (unpaired) electrons. The van der Waals surface area contributed by atoms with Crippen molar-refractivity contribution in [2.75, 3.05) is 11.4 Å². The van der Waals surface area contributed by atoms with Crippen LogP contribution in [0.1, 0.15) is 57.1 Å². The predicted octanol–water partition coefficient (Wildman–Crippen LogP) is 2.89. The van der Waals surface area contributed by atoms with Gasteiger partial charge in [-0.1, -0.05) is 12.8 Å². The molecule has 2 heterocycles. The van der Waals surface area contributed by atoms with Gasteiger partial charge in [0.15, 0.2) is 5.82 Å². The number of piperidine rings is 1. The van der Waals surface area contributed by atoms with Crippen molar-refractivity contribution in [3.63, 3.8) is 0 Å². The summed E-state index contributed by atoms with van der Waals surface area (Å²) in [7, 11) is 0. The van der Waals surface area contributed by atoms with Crippen molar-refractivity contribution in [3.8, 4) is 0 Å². The average molecular weight is 286 g/mol. The first-order valence-corrected chi connectivity index (χ1v) is 8.73. The third-order valence-corrected chi connectivity index (χ3v) is 5.39. The Balaban J connectivity index is 1.43. The monoisotopic (exact) mass is 286 g/mol. The number of hydrogen-bond donors (Lipinski definition) is 1.